The summed E-state index contributed by atoms with van der Waals surface area (Å²) < 4.78 is 17.4. The Kier molecular flexibility index (Phi) is 7.55. The Labute approximate surface area is 140 Å². The molecule has 1 atom stereocenters. The quantitative estimate of drug-likeness (QED) is 0.751. The van der Waals surface area contributed by atoms with Gasteiger partial charge in [0.05, 0.1) is 6.61 Å². The lowest BCUT2D eigenvalue weighted by molar-refractivity contribution is 0.198. The van der Waals surface area contributed by atoms with Crippen molar-refractivity contribution in [3.05, 3.63) is 29.8 Å². The van der Waals surface area contributed by atoms with Gasteiger partial charge in [-0.25, -0.2) is 4.79 Å². The summed E-state index contributed by atoms with van der Waals surface area (Å²) >= 11 is 0. The second-order valence-corrected chi connectivity index (χ2v) is 7.58. The molecule has 0 unspecified atom stereocenters. The van der Waals surface area contributed by atoms with Gasteiger partial charge in [-0.3, -0.25) is 4.21 Å². The monoisotopic (exact) mass is 338 g/mol. The molecule has 2 N–H and O–H groups in total. The number of rotatable bonds is 7. The predicted molar refractivity (Wildman–Crippen MR) is 94.1 cm³/mol. The Hall–Kier alpha value is -1.40. The third-order valence-corrected chi connectivity index (χ3v) is 5.84. The van der Waals surface area contributed by atoms with Crippen LogP contribution in [0.1, 0.15) is 37.7 Å². The van der Waals surface area contributed by atoms with Crippen LogP contribution in [0.2, 0.25) is 0 Å². The minimum absolute atomic E-state index is 0.257. The maximum Gasteiger partial charge on any atom is 0.319 e. The molecule has 23 heavy (non-hydrogen) atoms. The van der Waals surface area contributed by atoms with Crippen LogP contribution in [0.5, 0.6) is 0 Å². The predicted octanol–water partition coefficient (Wildman–Crippen LogP) is 3.04. The van der Waals surface area contributed by atoms with Gasteiger partial charge in [0.2, 0.25) is 0 Å². The standard InChI is InChI=1S/C17H26N2O3S/c1-22-11-10-18-17(20)19-15-7-5-6-14(12-15)13-23(21)16-8-3-2-4-9-16/h5-7,12,16H,2-4,8-11,13H2,1H3,(H2,18,19,20)/t23-/m1/s1. The highest BCUT2D eigenvalue weighted by molar-refractivity contribution is 7.84. The van der Waals surface area contributed by atoms with Crippen LogP contribution in [-0.2, 0) is 21.3 Å². The Morgan fingerprint density at radius 3 is 2.83 bits per heavy atom. The number of urea groups is 1. The van der Waals surface area contributed by atoms with Crippen molar-refractivity contribution in [1.29, 1.82) is 0 Å². The summed E-state index contributed by atoms with van der Waals surface area (Å²) in [5.74, 6) is 0.561. The van der Waals surface area contributed by atoms with E-state index >= 15 is 0 Å². The first-order chi connectivity index (χ1) is 11.2. The first kappa shape index (κ1) is 17.9. The summed E-state index contributed by atoms with van der Waals surface area (Å²) in [6.07, 6.45) is 5.81. The van der Waals surface area contributed by atoms with Crippen LogP contribution in [0.3, 0.4) is 0 Å². The molecule has 1 aromatic carbocycles. The summed E-state index contributed by atoms with van der Waals surface area (Å²) in [5.41, 5.74) is 1.72. The van der Waals surface area contributed by atoms with E-state index in [1.807, 2.05) is 24.3 Å². The molecule has 1 aliphatic carbocycles. The molecule has 0 heterocycles. The van der Waals surface area contributed by atoms with E-state index in [0.717, 1.165) is 24.1 Å². The van der Waals surface area contributed by atoms with Gasteiger partial charge < -0.3 is 15.4 Å². The number of benzene rings is 1. The normalized spacial score (nSPS) is 16.7. The molecule has 128 valence electrons. The second kappa shape index (κ2) is 9.67. The van der Waals surface area contributed by atoms with Gasteiger partial charge in [-0.05, 0) is 30.5 Å². The number of anilines is 1. The Balaban J connectivity index is 1.86. The van der Waals surface area contributed by atoms with E-state index in [1.54, 1.807) is 7.11 Å². The lowest BCUT2D eigenvalue weighted by Crippen LogP contribution is -2.31. The molecule has 0 bridgehead atoms. The van der Waals surface area contributed by atoms with E-state index in [2.05, 4.69) is 10.6 Å². The number of ether oxygens (including phenoxy) is 1. The molecule has 1 fully saturated rings. The van der Waals surface area contributed by atoms with Crippen LogP contribution in [0.4, 0.5) is 10.5 Å². The molecule has 2 amide bonds. The van der Waals surface area contributed by atoms with E-state index in [-0.39, 0.29) is 6.03 Å². The summed E-state index contributed by atoms with van der Waals surface area (Å²) in [6, 6.07) is 7.33. The van der Waals surface area contributed by atoms with E-state index in [0.29, 0.717) is 24.2 Å². The van der Waals surface area contributed by atoms with Crippen molar-refractivity contribution >= 4 is 22.5 Å². The highest BCUT2D eigenvalue weighted by Gasteiger charge is 2.19. The molecule has 0 radical (unpaired) electrons. The highest BCUT2D eigenvalue weighted by atomic mass is 32.2. The lowest BCUT2D eigenvalue weighted by Gasteiger charge is -2.21. The number of hydrogen-bond donors (Lipinski definition) is 2. The lowest BCUT2D eigenvalue weighted by atomic mass is 10.0. The maximum absolute atomic E-state index is 12.5. The largest absolute Gasteiger partial charge is 0.383 e. The average molecular weight is 338 g/mol. The smallest absolute Gasteiger partial charge is 0.319 e. The SMILES string of the molecule is COCCNC(=O)Nc1cccc(C[S@@](=O)C2CCCCC2)c1. The van der Waals surface area contributed by atoms with Gasteiger partial charge in [0.25, 0.3) is 0 Å². The Morgan fingerprint density at radius 2 is 2.09 bits per heavy atom. The Morgan fingerprint density at radius 1 is 1.30 bits per heavy atom. The number of methoxy groups -OCH3 is 1. The summed E-state index contributed by atoms with van der Waals surface area (Å²) in [7, 11) is 0.763. The molecule has 0 aromatic heterocycles. The van der Waals surface area contributed by atoms with Gasteiger partial charge in [0.15, 0.2) is 0 Å². The van der Waals surface area contributed by atoms with Gasteiger partial charge in [0, 0.05) is 41.1 Å². The highest BCUT2D eigenvalue weighted by Crippen LogP contribution is 2.24. The maximum atomic E-state index is 12.5. The molecular weight excluding hydrogens is 312 g/mol. The molecule has 2 rings (SSSR count). The van der Waals surface area contributed by atoms with Crippen molar-refractivity contribution in [3.63, 3.8) is 0 Å². The van der Waals surface area contributed by atoms with Gasteiger partial charge in [-0.1, -0.05) is 31.4 Å². The van der Waals surface area contributed by atoms with Crippen LogP contribution in [0.15, 0.2) is 24.3 Å². The van der Waals surface area contributed by atoms with Crippen molar-refractivity contribution in [2.24, 2.45) is 0 Å². The molecule has 0 spiro atoms. The third kappa shape index (κ3) is 6.31. The second-order valence-electron chi connectivity index (χ2n) is 5.86. The van der Waals surface area contributed by atoms with E-state index in [1.165, 1.54) is 19.3 Å². The number of carbonyl (C=O) groups excluding carboxylic acids is 1. The molecule has 1 aliphatic rings. The molecule has 1 saturated carbocycles. The first-order valence-corrected chi connectivity index (χ1v) is 9.57. The zero-order valence-corrected chi connectivity index (χ0v) is 14.5. The van der Waals surface area contributed by atoms with Gasteiger partial charge in [-0.15, -0.1) is 0 Å². The van der Waals surface area contributed by atoms with Crippen LogP contribution in [0.25, 0.3) is 0 Å². The van der Waals surface area contributed by atoms with Crippen molar-refractivity contribution < 1.29 is 13.7 Å². The third-order valence-electron chi connectivity index (χ3n) is 4.01. The number of carbonyl (C=O) groups is 1. The van der Waals surface area contributed by atoms with Gasteiger partial charge in [0.1, 0.15) is 0 Å². The van der Waals surface area contributed by atoms with Crippen LogP contribution in [-0.4, -0.2) is 35.8 Å². The minimum Gasteiger partial charge on any atom is -0.383 e. The Bertz CT molecular complexity index is 530. The van der Waals surface area contributed by atoms with E-state index in [4.69, 9.17) is 4.74 Å². The minimum atomic E-state index is -0.829. The number of hydrogen-bond acceptors (Lipinski definition) is 3. The van der Waals surface area contributed by atoms with Crippen LogP contribution >= 0.6 is 0 Å². The summed E-state index contributed by atoms with van der Waals surface area (Å²) in [6.45, 7) is 0.946. The molecule has 0 saturated heterocycles. The fourth-order valence-electron chi connectivity index (χ4n) is 2.79. The zero-order valence-electron chi connectivity index (χ0n) is 13.7. The van der Waals surface area contributed by atoms with Crippen molar-refractivity contribution in [2.45, 2.75) is 43.1 Å². The number of nitrogens with one attached hydrogen (secondary N) is 2. The molecule has 5 nitrogen and oxygen atoms in total. The van der Waals surface area contributed by atoms with Gasteiger partial charge >= 0.3 is 6.03 Å². The topological polar surface area (TPSA) is 67.4 Å². The average Bonchev–Trinajstić information content (AvgIpc) is 2.56. The van der Waals surface area contributed by atoms with Crippen molar-refractivity contribution in [1.82, 2.24) is 5.32 Å². The zero-order chi connectivity index (χ0) is 16.5. The molecule has 0 aliphatic heterocycles. The first-order valence-electron chi connectivity index (χ1n) is 8.19. The van der Waals surface area contributed by atoms with E-state index in [9.17, 15) is 9.00 Å². The summed E-state index contributed by atoms with van der Waals surface area (Å²) in [5, 5.41) is 5.83. The fraction of sp³-hybridized carbons (Fsp3) is 0.588. The summed E-state index contributed by atoms with van der Waals surface area (Å²) in [4.78, 5) is 11.7. The van der Waals surface area contributed by atoms with Crippen molar-refractivity contribution in [2.75, 3.05) is 25.6 Å². The van der Waals surface area contributed by atoms with Gasteiger partial charge in [-0.2, -0.15) is 0 Å². The van der Waals surface area contributed by atoms with Crippen LogP contribution in [0, 0.1) is 0 Å². The van der Waals surface area contributed by atoms with Crippen LogP contribution < -0.4 is 10.6 Å². The molecule has 1 aromatic rings. The molecule has 6 heteroatoms. The molecular formula is C17H26N2O3S. The fourth-order valence-corrected chi connectivity index (χ4v) is 4.39. The van der Waals surface area contributed by atoms with Crippen molar-refractivity contribution in [3.8, 4) is 0 Å². The number of amides is 2. The van der Waals surface area contributed by atoms with E-state index < -0.39 is 10.8 Å².